The van der Waals surface area contributed by atoms with Crippen molar-refractivity contribution in [2.45, 2.75) is 25.4 Å². The molecule has 31 heavy (non-hydrogen) atoms. The van der Waals surface area contributed by atoms with Crippen molar-refractivity contribution in [1.29, 1.82) is 0 Å². The average molecular weight is 422 g/mol. The van der Waals surface area contributed by atoms with Gasteiger partial charge in [0.05, 0.1) is 7.11 Å². The molecular weight excluding hydrogens is 390 g/mol. The lowest BCUT2D eigenvalue weighted by atomic mass is 9.95. The predicted octanol–water partition coefficient (Wildman–Crippen LogP) is 3.17. The van der Waals surface area contributed by atoms with E-state index < -0.39 is 5.66 Å². The number of hydrogen-bond donors (Lipinski definition) is 3. The van der Waals surface area contributed by atoms with Gasteiger partial charge in [-0.1, -0.05) is 12.1 Å². The molecule has 1 saturated heterocycles. The minimum Gasteiger partial charge on any atom is -0.496 e. The molecule has 0 saturated carbocycles. The van der Waals surface area contributed by atoms with Crippen LogP contribution in [0.1, 0.15) is 24.0 Å². The molecule has 0 radical (unpaired) electrons. The Bertz CT molecular complexity index is 951. The maximum atomic E-state index is 6.65. The molecule has 1 fully saturated rings. The van der Waals surface area contributed by atoms with Gasteiger partial charge < -0.3 is 20.1 Å². The maximum absolute atomic E-state index is 6.65. The van der Waals surface area contributed by atoms with Crippen molar-refractivity contribution in [2.75, 3.05) is 38.7 Å². The molecule has 2 heterocycles. The number of nitrogens with two attached hydrogens (primary N) is 1. The Morgan fingerprint density at radius 2 is 1.94 bits per heavy atom. The molecule has 1 atom stereocenters. The smallest absolute Gasteiger partial charge is 0.202 e. The third kappa shape index (κ3) is 5.00. The number of hydrogen-bond acceptors (Lipinski definition) is 7. The van der Waals surface area contributed by atoms with Crippen LogP contribution in [0.25, 0.3) is 0 Å². The van der Waals surface area contributed by atoms with Gasteiger partial charge in [-0.2, -0.15) is 0 Å². The van der Waals surface area contributed by atoms with Crippen LogP contribution in [0, 0.1) is 6.92 Å². The van der Waals surface area contributed by atoms with Crippen LogP contribution < -0.4 is 25.8 Å². The fourth-order valence-electron chi connectivity index (χ4n) is 4.06. The van der Waals surface area contributed by atoms with Crippen LogP contribution in [-0.4, -0.2) is 44.2 Å². The molecular formula is C24H31N5O2. The topological polar surface area (TPSA) is 84.1 Å². The molecule has 2 aliphatic heterocycles. The molecule has 2 aromatic carbocycles. The largest absolute Gasteiger partial charge is 0.496 e. The summed E-state index contributed by atoms with van der Waals surface area (Å²) < 4.78 is 11.3. The number of ether oxygens (including phenoxy) is 2. The SMILES string of the molecule is COc1cccc(C2(N)C=CNC(Nc3ccc(OCCN4CCCC4)cc3)=N2)c1C. The second-order valence-corrected chi connectivity index (χ2v) is 7.94. The Hall–Kier alpha value is -3.03. The maximum Gasteiger partial charge on any atom is 0.202 e. The van der Waals surface area contributed by atoms with Gasteiger partial charge in [-0.15, -0.1) is 0 Å². The lowest BCUT2D eigenvalue weighted by Gasteiger charge is -2.29. The first-order chi connectivity index (χ1) is 15.1. The molecule has 2 aromatic rings. The first kappa shape index (κ1) is 21.2. The second kappa shape index (κ2) is 9.41. The van der Waals surface area contributed by atoms with Crippen molar-refractivity contribution in [3.05, 3.63) is 65.9 Å². The Morgan fingerprint density at radius 3 is 2.68 bits per heavy atom. The van der Waals surface area contributed by atoms with Gasteiger partial charge in [0, 0.05) is 24.0 Å². The summed E-state index contributed by atoms with van der Waals surface area (Å²) in [6, 6.07) is 13.7. The van der Waals surface area contributed by atoms with Gasteiger partial charge >= 0.3 is 0 Å². The molecule has 0 aliphatic carbocycles. The molecule has 1 unspecified atom stereocenters. The number of nitrogens with zero attached hydrogens (tertiary/aromatic N) is 2. The third-order valence-electron chi connectivity index (χ3n) is 5.78. The van der Waals surface area contributed by atoms with E-state index in [0.717, 1.165) is 34.9 Å². The number of nitrogens with one attached hydrogen (secondary N) is 2. The van der Waals surface area contributed by atoms with E-state index in [1.54, 1.807) is 7.11 Å². The number of likely N-dealkylation sites (tertiary alicyclic amines) is 1. The van der Waals surface area contributed by atoms with Crippen molar-refractivity contribution in [1.82, 2.24) is 10.2 Å². The molecule has 164 valence electrons. The van der Waals surface area contributed by atoms with Gasteiger partial charge in [-0.25, -0.2) is 4.99 Å². The standard InChI is InChI=1S/C24H31N5O2/c1-18-21(6-5-7-22(18)30-2)24(25)12-13-26-23(28-24)27-19-8-10-20(11-9-19)31-17-16-29-14-3-4-15-29/h5-13H,3-4,14-17,25H2,1-2H3,(H2,26,27,28). The summed E-state index contributed by atoms with van der Waals surface area (Å²) in [6.45, 7) is 6.06. The zero-order valence-electron chi connectivity index (χ0n) is 18.2. The molecule has 0 bridgehead atoms. The Balaban J connectivity index is 1.40. The van der Waals surface area contributed by atoms with Gasteiger partial charge in [-0.05, 0) is 74.8 Å². The third-order valence-corrected chi connectivity index (χ3v) is 5.78. The molecule has 0 amide bonds. The van der Waals surface area contributed by atoms with Gasteiger partial charge in [0.2, 0.25) is 5.96 Å². The summed E-state index contributed by atoms with van der Waals surface area (Å²) >= 11 is 0. The van der Waals surface area contributed by atoms with Gasteiger partial charge in [0.1, 0.15) is 18.1 Å². The molecule has 7 heteroatoms. The van der Waals surface area contributed by atoms with Crippen molar-refractivity contribution in [3.63, 3.8) is 0 Å². The number of rotatable bonds is 7. The lowest BCUT2D eigenvalue weighted by molar-refractivity contribution is 0.238. The first-order valence-corrected chi connectivity index (χ1v) is 10.8. The molecule has 4 N–H and O–H groups in total. The van der Waals surface area contributed by atoms with Crippen LogP contribution in [0.5, 0.6) is 11.5 Å². The van der Waals surface area contributed by atoms with E-state index >= 15 is 0 Å². The zero-order valence-corrected chi connectivity index (χ0v) is 18.2. The quantitative estimate of drug-likeness (QED) is 0.637. The highest BCUT2D eigenvalue weighted by molar-refractivity contribution is 5.95. The summed E-state index contributed by atoms with van der Waals surface area (Å²) in [7, 11) is 1.66. The summed E-state index contributed by atoms with van der Waals surface area (Å²) in [5.74, 6) is 2.23. The number of aliphatic imine (C=N–C) groups is 1. The highest BCUT2D eigenvalue weighted by Gasteiger charge is 2.29. The van der Waals surface area contributed by atoms with Crippen LogP contribution in [0.2, 0.25) is 0 Å². The van der Waals surface area contributed by atoms with Crippen LogP contribution in [-0.2, 0) is 5.66 Å². The molecule has 4 rings (SSSR count). The Labute approximate surface area is 183 Å². The molecule has 2 aliphatic rings. The molecule has 0 spiro atoms. The monoisotopic (exact) mass is 421 g/mol. The van der Waals surface area contributed by atoms with E-state index in [1.165, 1.54) is 25.9 Å². The number of guanidine groups is 1. The summed E-state index contributed by atoms with van der Waals surface area (Å²) in [5.41, 5.74) is 8.43. The Kier molecular flexibility index (Phi) is 6.44. The zero-order chi connectivity index (χ0) is 21.7. The second-order valence-electron chi connectivity index (χ2n) is 7.94. The summed E-state index contributed by atoms with van der Waals surface area (Å²) in [5, 5.41) is 6.43. The minimum absolute atomic E-state index is 0.579. The van der Waals surface area contributed by atoms with E-state index in [4.69, 9.17) is 20.2 Å². The summed E-state index contributed by atoms with van der Waals surface area (Å²) in [6.07, 6.45) is 6.26. The highest BCUT2D eigenvalue weighted by atomic mass is 16.5. The first-order valence-electron chi connectivity index (χ1n) is 10.8. The van der Waals surface area contributed by atoms with E-state index in [1.807, 2.05) is 61.7 Å². The molecule has 0 aromatic heterocycles. The van der Waals surface area contributed by atoms with Gasteiger partial charge in [0.25, 0.3) is 0 Å². The van der Waals surface area contributed by atoms with Crippen LogP contribution in [0.15, 0.2) is 59.7 Å². The fraction of sp³-hybridized carbons (Fsp3) is 0.375. The highest BCUT2D eigenvalue weighted by Crippen LogP contribution is 2.31. The van der Waals surface area contributed by atoms with Crippen molar-refractivity contribution >= 4 is 11.6 Å². The normalized spacial score (nSPS) is 20.8. The Morgan fingerprint density at radius 1 is 1.16 bits per heavy atom. The predicted molar refractivity (Wildman–Crippen MR) is 125 cm³/mol. The van der Waals surface area contributed by atoms with E-state index in [-0.39, 0.29) is 0 Å². The average Bonchev–Trinajstić information content (AvgIpc) is 3.29. The van der Waals surface area contributed by atoms with Crippen LogP contribution in [0.4, 0.5) is 5.69 Å². The van der Waals surface area contributed by atoms with E-state index in [2.05, 4.69) is 15.5 Å². The number of methoxy groups -OCH3 is 1. The van der Waals surface area contributed by atoms with Crippen LogP contribution >= 0.6 is 0 Å². The van der Waals surface area contributed by atoms with Crippen molar-refractivity contribution in [3.8, 4) is 11.5 Å². The van der Waals surface area contributed by atoms with E-state index in [9.17, 15) is 0 Å². The van der Waals surface area contributed by atoms with Crippen molar-refractivity contribution < 1.29 is 9.47 Å². The lowest BCUT2D eigenvalue weighted by Crippen LogP contribution is -2.42. The number of benzene rings is 2. The minimum atomic E-state index is -0.981. The van der Waals surface area contributed by atoms with Crippen molar-refractivity contribution in [2.24, 2.45) is 10.7 Å². The van der Waals surface area contributed by atoms with Crippen LogP contribution in [0.3, 0.4) is 0 Å². The molecule has 7 nitrogen and oxygen atoms in total. The van der Waals surface area contributed by atoms with Gasteiger partial charge in [-0.3, -0.25) is 10.6 Å². The number of anilines is 1. The summed E-state index contributed by atoms with van der Waals surface area (Å²) in [4.78, 5) is 7.17. The fourth-order valence-corrected chi connectivity index (χ4v) is 4.06. The van der Waals surface area contributed by atoms with E-state index in [0.29, 0.717) is 12.6 Å². The van der Waals surface area contributed by atoms with Gasteiger partial charge in [0.15, 0.2) is 5.66 Å².